The zero-order valence-electron chi connectivity index (χ0n) is 13.6. The van der Waals surface area contributed by atoms with Crippen molar-refractivity contribution in [2.24, 2.45) is 0 Å². The third kappa shape index (κ3) is 3.10. The van der Waals surface area contributed by atoms with Gasteiger partial charge in [0, 0.05) is 51.3 Å². The second kappa shape index (κ2) is 6.57. The first-order chi connectivity index (χ1) is 11.8. The number of carbonyl (C=O) groups is 1. The highest BCUT2D eigenvalue weighted by Gasteiger charge is 2.40. The number of amides is 2. The Morgan fingerprint density at radius 3 is 2.79 bits per heavy atom. The minimum Gasteiger partial charge on any atom is -0.317 e. The van der Waals surface area contributed by atoms with Gasteiger partial charge in [0.05, 0.1) is 18.3 Å². The fourth-order valence-electron chi connectivity index (χ4n) is 3.55. The first kappa shape index (κ1) is 15.1. The number of hydrogen-bond acceptors (Lipinski definition) is 4. The minimum absolute atomic E-state index is 0.145. The van der Waals surface area contributed by atoms with Gasteiger partial charge in [-0.1, -0.05) is 12.1 Å². The maximum absolute atomic E-state index is 12.6. The normalized spacial score (nSPS) is 21.2. The van der Waals surface area contributed by atoms with Crippen molar-refractivity contribution in [2.45, 2.75) is 19.1 Å². The van der Waals surface area contributed by atoms with Gasteiger partial charge in [-0.15, -0.1) is 0 Å². The van der Waals surface area contributed by atoms with Crippen LogP contribution in [0.5, 0.6) is 0 Å². The maximum atomic E-state index is 12.6. The lowest BCUT2D eigenvalue weighted by atomic mass is 10.1. The molecule has 0 bridgehead atoms. The molecule has 2 aliphatic rings. The van der Waals surface area contributed by atoms with Crippen molar-refractivity contribution < 1.29 is 4.79 Å². The molecule has 6 heteroatoms. The van der Waals surface area contributed by atoms with Gasteiger partial charge in [0.25, 0.3) is 0 Å². The molecule has 2 aliphatic heterocycles. The lowest BCUT2D eigenvalue weighted by molar-refractivity contribution is 0.116. The summed E-state index contributed by atoms with van der Waals surface area (Å²) in [7, 11) is 0. The van der Waals surface area contributed by atoms with E-state index in [0.717, 1.165) is 38.4 Å². The van der Waals surface area contributed by atoms with Gasteiger partial charge in [0.2, 0.25) is 0 Å². The number of piperazine rings is 1. The van der Waals surface area contributed by atoms with Crippen LogP contribution >= 0.6 is 0 Å². The number of fused-ring (bicyclic) bond motifs is 1. The Bertz CT molecular complexity index is 693. The predicted octanol–water partition coefficient (Wildman–Crippen LogP) is 1.60. The highest BCUT2D eigenvalue weighted by atomic mass is 16.2. The standard InChI is InChI=1S/C18H21N5O/c24-18-22(12-16-5-1-2-7-20-16)14-17-13-21(8-9-23(17)18)11-15-4-3-6-19-10-15/h1-7,10,17H,8-9,11-14H2/t17-/m1/s1. The molecule has 0 aromatic carbocycles. The van der Waals surface area contributed by atoms with Crippen LogP contribution in [0.4, 0.5) is 4.79 Å². The summed E-state index contributed by atoms with van der Waals surface area (Å²) in [6, 6.07) is 10.3. The van der Waals surface area contributed by atoms with E-state index in [1.807, 2.05) is 40.3 Å². The van der Waals surface area contributed by atoms with Crippen molar-refractivity contribution >= 4 is 6.03 Å². The molecule has 2 saturated heterocycles. The molecule has 2 fully saturated rings. The molecule has 4 rings (SSSR count). The number of urea groups is 1. The van der Waals surface area contributed by atoms with Crippen LogP contribution in [-0.2, 0) is 13.1 Å². The van der Waals surface area contributed by atoms with Crippen LogP contribution < -0.4 is 0 Å². The average Bonchev–Trinajstić information content (AvgIpc) is 2.92. The van der Waals surface area contributed by atoms with E-state index in [4.69, 9.17) is 0 Å². The van der Waals surface area contributed by atoms with Crippen molar-refractivity contribution in [2.75, 3.05) is 26.2 Å². The summed E-state index contributed by atoms with van der Waals surface area (Å²) in [6.45, 7) is 4.89. The van der Waals surface area contributed by atoms with Crippen LogP contribution in [0.15, 0.2) is 48.9 Å². The summed E-state index contributed by atoms with van der Waals surface area (Å²) in [6.07, 6.45) is 5.49. The van der Waals surface area contributed by atoms with Gasteiger partial charge in [-0.2, -0.15) is 0 Å². The van der Waals surface area contributed by atoms with Gasteiger partial charge >= 0.3 is 6.03 Å². The molecule has 1 atom stereocenters. The second-order valence-electron chi connectivity index (χ2n) is 6.43. The number of carbonyl (C=O) groups excluding carboxylic acids is 1. The second-order valence-corrected chi connectivity index (χ2v) is 6.43. The van der Waals surface area contributed by atoms with E-state index in [9.17, 15) is 4.79 Å². The van der Waals surface area contributed by atoms with Crippen molar-refractivity contribution in [1.82, 2.24) is 24.7 Å². The number of rotatable bonds is 4. The molecule has 124 valence electrons. The van der Waals surface area contributed by atoms with Crippen LogP contribution in [0.1, 0.15) is 11.3 Å². The van der Waals surface area contributed by atoms with Gasteiger partial charge in [-0.05, 0) is 23.8 Å². The lowest BCUT2D eigenvalue weighted by Gasteiger charge is -2.36. The highest BCUT2D eigenvalue weighted by molar-refractivity contribution is 5.77. The summed E-state index contributed by atoms with van der Waals surface area (Å²) in [4.78, 5) is 27.5. The quantitative estimate of drug-likeness (QED) is 0.857. The fraction of sp³-hybridized carbons (Fsp3) is 0.389. The molecule has 0 spiro atoms. The van der Waals surface area contributed by atoms with Crippen molar-refractivity contribution in [3.8, 4) is 0 Å². The topological polar surface area (TPSA) is 52.6 Å². The smallest absolute Gasteiger partial charge is 0.317 e. The maximum Gasteiger partial charge on any atom is 0.320 e. The zero-order chi connectivity index (χ0) is 16.4. The summed E-state index contributed by atoms with van der Waals surface area (Å²) in [5, 5.41) is 0. The lowest BCUT2D eigenvalue weighted by Crippen LogP contribution is -2.51. The largest absolute Gasteiger partial charge is 0.320 e. The van der Waals surface area contributed by atoms with Gasteiger partial charge in [-0.3, -0.25) is 14.9 Å². The first-order valence-electron chi connectivity index (χ1n) is 8.36. The van der Waals surface area contributed by atoms with Crippen molar-refractivity contribution in [3.63, 3.8) is 0 Å². The van der Waals surface area contributed by atoms with Crippen LogP contribution in [0.25, 0.3) is 0 Å². The Kier molecular flexibility index (Phi) is 4.13. The Morgan fingerprint density at radius 1 is 1.04 bits per heavy atom. The first-order valence-corrected chi connectivity index (χ1v) is 8.36. The van der Waals surface area contributed by atoms with Gasteiger partial charge in [0.1, 0.15) is 0 Å². The molecule has 2 amide bonds. The molecule has 24 heavy (non-hydrogen) atoms. The van der Waals surface area contributed by atoms with Crippen LogP contribution in [0.2, 0.25) is 0 Å². The summed E-state index contributed by atoms with van der Waals surface area (Å²) in [5.74, 6) is 0. The molecule has 0 saturated carbocycles. The molecule has 6 nitrogen and oxygen atoms in total. The van der Waals surface area contributed by atoms with Gasteiger partial charge < -0.3 is 9.80 Å². The van der Waals surface area contributed by atoms with E-state index in [1.54, 1.807) is 12.4 Å². The molecular weight excluding hydrogens is 302 g/mol. The van der Waals surface area contributed by atoms with Gasteiger partial charge in [-0.25, -0.2) is 4.79 Å². The van der Waals surface area contributed by atoms with E-state index in [0.29, 0.717) is 6.54 Å². The Balaban J connectivity index is 1.39. The van der Waals surface area contributed by atoms with Crippen LogP contribution in [-0.4, -0.2) is 62.9 Å². The Labute approximate surface area is 141 Å². The van der Waals surface area contributed by atoms with Gasteiger partial charge in [0.15, 0.2) is 0 Å². The van der Waals surface area contributed by atoms with Crippen LogP contribution in [0.3, 0.4) is 0 Å². The molecule has 0 unspecified atom stereocenters. The van der Waals surface area contributed by atoms with E-state index in [1.165, 1.54) is 5.56 Å². The predicted molar refractivity (Wildman–Crippen MR) is 90.1 cm³/mol. The Morgan fingerprint density at radius 2 is 2.00 bits per heavy atom. The summed E-state index contributed by atoms with van der Waals surface area (Å²) in [5.41, 5.74) is 2.17. The van der Waals surface area contributed by atoms with Crippen molar-refractivity contribution in [3.05, 3.63) is 60.2 Å². The summed E-state index contributed by atoms with van der Waals surface area (Å²) >= 11 is 0. The molecule has 4 heterocycles. The monoisotopic (exact) mass is 323 g/mol. The molecule has 2 aromatic rings. The number of pyridine rings is 2. The summed E-state index contributed by atoms with van der Waals surface area (Å²) < 4.78 is 0. The minimum atomic E-state index is 0.145. The fourth-order valence-corrected chi connectivity index (χ4v) is 3.55. The number of aromatic nitrogens is 2. The van der Waals surface area contributed by atoms with Crippen molar-refractivity contribution in [1.29, 1.82) is 0 Å². The Hall–Kier alpha value is -2.47. The average molecular weight is 323 g/mol. The number of hydrogen-bond donors (Lipinski definition) is 0. The molecule has 0 aliphatic carbocycles. The zero-order valence-corrected chi connectivity index (χ0v) is 13.6. The highest BCUT2D eigenvalue weighted by Crippen LogP contribution is 2.22. The van der Waals surface area contributed by atoms with E-state index >= 15 is 0 Å². The van der Waals surface area contributed by atoms with E-state index in [-0.39, 0.29) is 12.1 Å². The SMILES string of the molecule is O=C1N(Cc2ccccn2)C[C@H]2CN(Cc3cccnc3)CCN12. The van der Waals surface area contributed by atoms with E-state index in [2.05, 4.69) is 20.9 Å². The number of nitrogens with zero attached hydrogens (tertiary/aromatic N) is 5. The molecular formula is C18H21N5O. The molecule has 2 aromatic heterocycles. The van der Waals surface area contributed by atoms with Crippen LogP contribution in [0, 0.1) is 0 Å². The molecule has 0 radical (unpaired) electrons. The van der Waals surface area contributed by atoms with E-state index < -0.39 is 0 Å². The third-order valence-electron chi connectivity index (χ3n) is 4.72. The molecule has 0 N–H and O–H groups in total. The third-order valence-corrected chi connectivity index (χ3v) is 4.72.